The molecule has 1 aliphatic carbocycles. The van der Waals surface area contributed by atoms with Gasteiger partial charge in [-0.25, -0.2) is 0 Å². The van der Waals surface area contributed by atoms with Crippen LogP contribution in [0.15, 0.2) is 0 Å². The molecule has 0 saturated heterocycles. The zero-order valence-corrected chi connectivity index (χ0v) is 10.1. The smallest absolute Gasteiger partial charge is 0.0662 e. The molecule has 15 heavy (non-hydrogen) atoms. The van der Waals surface area contributed by atoms with Crippen molar-refractivity contribution in [2.45, 2.75) is 52.1 Å². The number of aliphatic hydroxyl groups is 2. The highest BCUT2D eigenvalue weighted by molar-refractivity contribution is 4.66. The van der Waals surface area contributed by atoms with Crippen LogP contribution in [0.1, 0.15) is 46.0 Å². The molecular formula is C12H26O3. The molecule has 0 radical (unpaired) electrons. The third-order valence-electron chi connectivity index (χ3n) is 2.72. The highest BCUT2D eigenvalue weighted by Crippen LogP contribution is 2.21. The van der Waals surface area contributed by atoms with Gasteiger partial charge in [0.25, 0.3) is 0 Å². The standard InChI is InChI=1S/C10H20O.C2H6O2/c1-3-9(2)8-11-10-6-4-5-7-10;3-1-2-4/h9-10H,3-8H2,1-2H3;3-4H,1-2H2. The summed E-state index contributed by atoms with van der Waals surface area (Å²) in [6, 6.07) is 0. The molecule has 1 atom stereocenters. The van der Waals surface area contributed by atoms with Crippen LogP contribution in [0.2, 0.25) is 0 Å². The van der Waals surface area contributed by atoms with Crippen LogP contribution >= 0.6 is 0 Å². The Morgan fingerprint density at radius 3 is 2.13 bits per heavy atom. The first-order valence-electron chi connectivity index (χ1n) is 6.07. The van der Waals surface area contributed by atoms with E-state index in [0.717, 1.165) is 12.5 Å². The Hall–Kier alpha value is -0.120. The van der Waals surface area contributed by atoms with Gasteiger partial charge in [0.05, 0.1) is 19.3 Å². The second kappa shape index (κ2) is 10.4. The van der Waals surface area contributed by atoms with Gasteiger partial charge < -0.3 is 14.9 Å². The zero-order valence-electron chi connectivity index (χ0n) is 10.1. The first-order valence-corrected chi connectivity index (χ1v) is 6.07. The van der Waals surface area contributed by atoms with Crippen molar-refractivity contribution in [1.29, 1.82) is 0 Å². The average molecular weight is 218 g/mol. The number of hydrogen-bond acceptors (Lipinski definition) is 3. The number of ether oxygens (including phenoxy) is 1. The lowest BCUT2D eigenvalue weighted by molar-refractivity contribution is 0.0364. The topological polar surface area (TPSA) is 49.7 Å². The molecule has 1 rings (SSSR count). The van der Waals surface area contributed by atoms with E-state index in [2.05, 4.69) is 13.8 Å². The van der Waals surface area contributed by atoms with Crippen LogP contribution in [0.5, 0.6) is 0 Å². The molecule has 3 heteroatoms. The van der Waals surface area contributed by atoms with Gasteiger partial charge in [0.2, 0.25) is 0 Å². The molecule has 1 aliphatic rings. The van der Waals surface area contributed by atoms with Crippen molar-refractivity contribution in [2.24, 2.45) is 5.92 Å². The second-order valence-electron chi connectivity index (χ2n) is 4.20. The maximum atomic E-state index is 7.62. The molecule has 0 aromatic rings. The first kappa shape index (κ1) is 14.9. The molecule has 1 fully saturated rings. The van der Waals surface area contributed by atoms with Crippen molar-refractivity contribution < 1.29 is 14.9 Å². The van der Waals surface area contributed by atoms with E-state index >= 15 is 0 Å². The predicted octanol–water partition coefficient (Wildman–Crippen LogP) is 1.96. The third kappa shape index (κ3) is 8.85. The fourth-order valence-electron chi connectivity index (χ4n) is 1.47. The zero-order chi connectivity index (χ0) is 11.5. The molecule has 0 heterocycles. The summed E-state index contributed by atoms with van der Waals surface area (Å²) in [5, 5.41) is 15.2. The molecular weight excluding hydrogens is 192 g/mol. The highest BCUT2D eigenvalue weighted by Gasteiger charge is 2.15. The normalized spacial score (nSPS) is 18.4. The molecule has 2 N–H and O–H groups in total. The van der Waals surface area contributed by atoms with Crippen LogP contribution in [0.25, 0.3) is 0 Å². The SMILES string of the molecule is CCC(C)COC1CCCC1.OCCO. The van der Waals surface area contributed by atoms with Crippen LogP contribution in [-0.4, -0.2) is 36.1 Å². The Kier molecular flexibility index (Phi) is 10.3. The quantitative estimate of drug-likeness (QED) is 0.741. The summed E-state index contributed by atoms with van der Waals surface area (Å²) in [7, 11) is 0. The third-order valence-corrected chi connectivity index (χ3v) is 2.72. The van der Waals surface area contributed by atoms with Crippen molar-refractivity contribution in [1.82, 2.24) is 0 Å². The van der Waals surface area contributed by atoms with Gasteiger partial charge in [-0.15, -0.1) is 0 Å². The summed E-state index contributed by atoms with van der Waals surface area (Å²) in [5.41, 5.74) is 0. The summed E-state index contributed by atoms with van der Waals surface area (Å²) in [4.78, 5) is 0. The van der Waals surface area contributed by atoms with Crippen LogP contribution < -0.4 is 0 Å². The Morgan fingerprint density at radius 1 is 1.20 bits per heavy atom. The maximum Gasteiger partial charge on any atom is 0.0662 e. The minimum absolute atomic E-state index is 0.125. The molecule has 0 aliphatic heterocycles. The van der Waals surface area contributed by atoms with E-state index in [1.807, 2.05) is 0 Å². The van der Waals surface area contributed by atoms with Gasteiger partial charge in [0.15, 0.2) is 0 Å². The summed E-state index contributed by atoms with van der Waals surface area (Å²) >= 11 is 0. The predicted molar refractivity (Wildman–Crippen MR) is 61.8 cm³/mol. The van der Waals surface area contributed by atoms with Gasteiger partial charge in [0.1, 0.15) is 0 Å². The fourth-order valence-corrected chi connectivity index (χ4v) is 1.47. The van der Waals surface area contributed by atoms with Crippen LogP contribution in [0.3, 0.4) is 0 Å². The van der Waals surface area contributed by atoms with Gasteiger partial charge in [-0.1, -0.05) is 33.1 Å². The van der Waals surface area contributed by atoms with Gasteiger partial charge in [0, 0.05) is 6.61 Å². The minimum atomic E-state index is -0.125. The lowest BCUT2D eigenvalue weighted by Crippen LogP contribution is -2.13. The Labute approximate surface area is 93.5 Å². The molecule has 0 amide bonds. The van der Waals surface area contributed by atoms with Gasteiger partial charge in [-0.05, 0) is 18.8 Å². The summed E-state index contributed by atoms with van der Waals surface area (Å²) in [6.07, 6.45) is 7.21. The molecule has 92 valence electrons. The lowest BCUT2D eigenvalue weighted by Gasteiger charge is -2.14. The van der Waals surface area contributed by atoms with E-state index in [4.69, 9.17) is 14.9 Å². The summed E-state index contributed by atoms with van der Waals surface area (Å²) in [5.74, 6) is 0.746. The molecule has 0 aromatic heterocycles. The van der Waals surface area contributed by atoms with E-state index in [1.165, 1.54) is 32.1 Å². The molecule has 3 nitrogen and oxygen atoms in total. The van der Waals surface area contributed by atoms with Crippen LogP contribution in [0.4, 0.5) is 0 Å². The first-order chi connectivity index (χ1) is 7.24. The number of aliphatic hydroxyl groups excluding tert-OH is 2. The monoisotopic (exact) mass is 218 g/mol. The van der Waals surface area contributed by atoms with Crippen molar-refractivity contribution in [3.8, 4) is 0 Å². The average Bonchev–Trinajstić information content (AvgIpc) is 2.79. The largest absolute Gasteiger partial charge is 0.394 e. The van der Waals surface area contributed by atoms with E-state index in [9.17, 15) is 0 Å². The maximum absolute atomic E-state index is 7.62. The van der Waals surface area contributed by atoms with Gasteiger partial charge in [-0.3, -0.25) is 0 Å². The number of rotatable bonds is 5. The Bertz CT molecular complexity index is 120. The van der Waals surface area contributed by atoms with E-state index < -0.39 is 0 Å². The van der Waals surface area contributed by atoms with Crippen LogP contribution in [0, 0.1) is 5.92 Å². The van der Waals surface area contributed by atoms with E-state index in [-0.39, 0.29) is 13.2 Å². The van der Waals surface area contributed by atoms with Crippen molar-refractivity contribution >= 4 is 0 Å². The molecule has 0 spiro atoms. The van der Waals surface area contributed by atoms with E-state index in [0.29, 0.717) is 6.10 Å². The minimum Gasteiger partial charge on any atom is -0.394 e. The molecule has 0 aromatic carbocycles. The summed E-state index contributed by atoms with van der Waals surface area (Å²) in [6.45, 7) is 5.21. The van der Waals surface area contributed by atoms with Crippen molar-refractivity contribution in [2.75, 3.05) is 19.8 Å². The van der Waals surface area contributed by atoms with Gasteiger partial charge in [-0.2, -0.15) is 0 Å². The van der Waals surface area contributed by atoms with E-state index in [1.54, 1.807) is 0 Å². The fraction of sp³-hybridized carbons (Fsp3) is 1.00. The molecule has 1 saturated carbocycles. The van der Waals surface area contributed by atoms with Crippen molar-refractivity contribution in [3.05, 3.63) is 0 Å². The number of hydrogen-bond donors (Lipinski definition) is 2. The second-order valence-corrected chi connectivity index (χ2v) is 4.20. The van der Waals surface area contributed by atoms with Crippen molar-refractivity contribution in [3.63, 3.8) is 0 Å². The highest BCUT2D eigenvalue weighted by atomic mass is 16.5. The lowest BCUT2D eigenvalue weighted by atomic mass is 10.1. The Morgan fingerprint density at radius 2 is 1.73 bits per heavy atom. The molecule has 1 unspecified atom stereocenters. The molecule has 0 bridgehead atoms. The van der Waals surface area contributed by atoms with Gasteiger partial charge >= 0.3 is 0 Å². The van der Waals surface area contributed by atoms with Crippen LogP contribution in [-0.2, 0) is 4.74 Å². The Balaban J connectivity index is 0.000000423. The summed E-state index contributed by atoms with van der Waals surface area (Å²) < 4.78 is 5.76.